The molecule has 0 unspecified atom stereocenters. The Labute approximate surface area is 75.0 Å². The molecule has 3 N–H and O–H groups in total. The van der Waals surface area contributed by atoms with Gasteiger partial charge in [-0.05, 0) is 26.1 Å². The summed E-state index contributed by atoms with van der Waals surface area (Å²) in [6.07, 6.45) is 0. The van der Waals surface area contributed by atoms with Crippen LogP contribution in [0.5, 0.6) is 0 Å². The molecule has 66 valence electrons. The van der Waals surface area contributed by atoms with Crippen LogP contribution in [0.2, 0.25) is 0 Å². The molecule has 0 saturated heterocycles. The van der Waals surface area contributed by atoms with Crippen molar-refractivity contribution in [2.75, 3.05) is 5.73 Å². The van der Waals surface area contributed by atoms with Gasteiger partial charge in [0.1, 0.15) is 5.82 Å². The molecule has 12 heavy (non-hydrogen) atoms. The van der Waals surface area contributed by atoms with E-state index in [2.05, 4.69) is 4.98 Å². The van der Waals surface area contributed by atoms with Gasteiger partial charge in [-0.15, -0.1) is 0 Å². The lowest BCUT2D eigenvalue weighted by atomic mass is 10.4. The lowest BCUT2D eigenvalue weighted by Gasteiger charge is -2.12. The van der Waals surface area contributed by atoms with E-state index in [1.54, 1.807) is 4.57 Å². The second-order valence-electron chi connectivity index (χ2n) is 2.83. The molecule has 0 amide bonds. The molecule has 4 nitrogen and oxygen atoms in total. The molecule has 0 aromatic carbocycles. The van der Waals surface area contributed by atoms with Gasteiger partial charge in [-0.1, -0.05) is 0 Å². The van der Waals surface area contributed by atoms with Gasteiger partial charge in [0.2, 0.25) is 0 Å². The zero-order valence-electron chi connectivity index (χ0n) is 7.00. The van der Waals surface area contributed by atoms with Gasteiger partial charge in [0, 0.05) is 12.1 Å². The largest absolute Gasteiger partial charge is 0.385 e. The van der Waals surface area contributed by atoms with E-state index in [-0.39, 0.29) is 11.6 Å². The summed E-state index contributed by atoms with van der Waals surface area (Å²) in [5, 5.41) is 0. The van der Waals surface area contributed by atoms with Crippen LogP contribution in [-0.4, -0.2) is 9.55 Å². The van der Waals surface area contributed by atoms with Crippen LogP contribution in [-0.2, 0) is 0 Å². The first-order chi connectivity index (χ1) is 5.52. The highest BCUT2D eigenvalue weighted by atomic mass is 32.1. The molecule has 0 spiro atoms. The number of hydrogen-bond acceptors (Lipinski definition) is 3. The summed E-state index contributed by atoms with van der Waals surface area (Å²) >= 11 is 4.93. The number of anilines is 1. The van der Waals surface area contributed by atoms with Crippen molar-refractivity contribution in [2.45, 2.75) is 19.9 Å². The van der Waals surface area contributed by atoms with Gasteiger partial charge >= 0.3 is 0 Å². The number of nitrogens with two attached hydrogens (primary N) is 1. The average molecular weight is 185 g/mol. The third kappa shape index (κ3) is 1.55. The van der Waals surface area contributed by atoms with Crippen molar-refractivity contribution in [3.05, 3.63) is 21.2 Å². The molecular formula is C7H11N3OS. The smallest absolute Gasteiger partial charge is 0.253 e. The van der Waals surface area contributed by atoms with E-state index in [9.17, 15) is 4.79 Å². The standard InChI is InChI=1S/C7H11N3OS/c1-4(2)10-5(8)3-6(11)9-7(10)12/h3-4H,8H2,1-2H3,(H,9,11,12). The maximum absolute atomic E-state index is 10.9. The Kier molecular flexibility index (Phi) is 2.32. The summed E-state index contributed by atoms with van der Waals surface area (Å²) in [6, 6.07) is 1.49. The summed E-state index contributed by atoms with van der Waals surface area (Å²) in [7, 11) is 0. The minimum atomic E-state index is -0.255. The third-order valence-corrected chi connectivity index (χ3v) is 1.82. The van der Waals surface area contributed by atoms with Crippen molar-refractivity contribution in [2.24, 2.45) is 0 Å². The number of H-pyrrole nitrogens is 1. The summed E-state index contributed by atoms with van der Waals surface area (Å²) < 4.78 is 2.06. The second kappa shape index (κ2) is 3.10. The van der Waals surface area contributed by atoms with Crippen LogP contribution in [0.25, 0.3) is 0 Å². The van der Waals surface area contributed by atoms with Crippen LogP contribution in [0.3, 0.4) is 0 Å². The van der Waals surface area contributed by atoms with E-state index in [0.29, 0.717) is 10.6 Å². The predicted octanol–water partition coefficient (Wildman–Crippen LogP) is 1.07. The first-order valence-corrected chi connectivity index (χ1v) is 4.04. The van der Waals surface area contributed by atoms with Crippen LogP contribution in [0.1, 0.15) is 19.9 Å². The maximum atomic E-state index is 10.9. The molecule has 0 fully saturated rings. The maximum Gasteiger partial charge on any atom is 0.253 e. The quantitative estimate of drug-likeness (QED) is 0.643. The predicted molar refractivity (Wildman–Crippen MR) is 50.7 cm³/mol. The van der Waals surface area contributed by atoms with Crippen LogP contribution in [0.4, 0.5) is 5.82 Å². The van der Waals surface area contributed by atoms with E-state index in [1.165, 1.54) is 6.07 Å². The monoisotopic (exact) mass is 185 g/mol. The topological polar surface area (TPSA) is 63.8 Å². The van der Waals surface area contributed by atoms with E-state index >= 15 is 0 Å². The van der Waals surface area contributed by atoms with E-state index in [0.717, 1.165) is 0 Å². The first kappa shape index (κ1) is 8.99. The highest BCUT2D eigenvalue weighted by molar-refractivity contribution is 7.71. The number of rotatable bonds is 1. The van der Waals surface area contributed by atoms with Crippen molar-refractivity contribution in [3.63, 3.8) is 0 Å². The fourth-order valence-corrected chi connectivity index (χ4v) is 1.47. The molecule has 1 aromatic rings. The van der Waals surface area contributed by atoms with Crippen molar-refractivity contribution in [3.8, 4) is 0 Å². The highest BCUT2D eigenvalue weighted by Crippen LogP contribution is 2.08. The van der Waals surface area contributed by atoms with Crippen molar-refractivity contribution >= 4 is 18.0 Å². The van der Waals surface area contributed by atoms with Gasteiger partial charge in [0.25, 0.3) is 5.56 Å². The van der Waals surface area contributed by atoms with Gasteiger partial charge in [0.15, 0.2) is 4.77 Å². The van der Waals surface area contributed by atoms with Gasteiger partial charge in [-0.3, -0.25) is 9.78 Å². The highest BCUT2D eigenvalue weighted by Gasteiger charge is 2.02. The van der Waals surface area contributed by atoms with Gasteiger partial charge < -0.3 is 10.3 Å². The zero-order chi connectivity index (χ0) is 9.30. The molecule has 1 rings (SSSR count). The Balaban J connectivity index is 3.49. The summed E-state index contributed by atoms with van der Waals surface area (Å²) in [4.78, 5) is 13.4. The van der Waals surface area contributed by atoms with Crippen LogP contribution in [0.15, 0.2) is 10.9 Å². The molecular weight excluding hydrogens is 174 g/mol. The Hall–Kier alpha value is -1.10. The zero-order valence-corrected chi connectivity index (χ0v) is 7.81. The molecule has 0 aliphatic carbocycles. The Morgan fingerprint density at radius 3 is 2.67 bits per heavy atom. The van der Waals surface area contributed by atoms with E-state index in [4.69, 9.17) is 18.0 Å². The number of nitrogen functional groups attached to an aromatic ring is 1. The Morgan fingerprint density at radius 1 is 1.67 bits per heavy atom. The minimum absolute atomic E-state index is 0.161. The number of nitrogens with one attached hydrogen (secondary N) is 1. The molecule has 0 aliphatic heterocycles. The molecule has 0 saturated carbocycles. The van der Waals surface area contributed by atoms with Gasteiger partial charge in [0.05, 0.1) is 0 Å². The fourth-order valence-electron chi connectivity index (χ4n) is 1.06. The van der Waals surface area contributed by atoms with Crippen LogP contribution >= 0.6 is 12.2 Å². The first-order valence-electron chi connectivity index (χ1n) is 3.63. The summed E-state index contributed by atoms with van der Waals surface area (Å²) in [5.74, 6) is 0.402. The SMILES string of the molecule is CC(C)n1c(N)cc(=O)[nH]c1=S. The number of aromatic nitrogens is 2. The Bertz CT molecular complexity index is 390. The van der Waals surface area contributed by atoms with Crippen molar-refractivity contribution in [1.29, 1.82) is 0 Å². The molecule has 0 aliphatic rings. The van der Waals surface area contributed by atoms with Crippen LogP contribution in [0, 0.1) is 4.77 Å². The molecule has 0 bridgehead atoms. The second-order valence-corrected chi connectivity index (χ2v) is 3.21. The minimum Gasteiger partial charge on any atom is -0.385 e. The lowest BCUT2D eigenvalue weighted by molar-refractivity contribution is 0.584. The number of aromatic amines is 1. The Morgan fingerprint density at radius 2 is 2.25 bits per heavy atom. The van der Waals surface area contributed by atoms with E-state index in [1.807, 2.05) is 13.8 Å². The fraction of sp³-hybridized carbons (Fsp3) is 0.429. The lowest BCUT2D eigenvalue weighted by Crippen LogP contribution is -2.17. The molecule has 1 heterocycles. The molecule has 0 radical (unpaired) electrons. The normalized spacial score (nSPS) is 10.6. The molecule has 1 aromatic heterocycles. The third-order valence-electron chi connectivity index (χ3n) is 1.52. The van der Waals surface area contributed by atoms with Gasteiger partial charge in [-0.2, -0.15) is 0 Å². The summed E-state index contributed by atoms with van der Waals surface area (Å²) in [5.41, 5.74) is 5.34. The molecule has 5 heteroatoms. The van der Waals surface area contributed by atoms with E-state index < -0.39 is 0 Å². The van der Waals surface area contributed by atoms with Gasteiger partial charge in [-0.25, -0.2) is 0 Å². The van der Waals surface area contributed by atoms with Crippen molar-refractivity contribution < 1.29 is 0 Å². The van der Waals surface area contributed by atoms with Crippen molar-refractivity contribution in [1.82, 2.24) is 9.55 Å². The number of hydrogen-bond donors (Lipinski definition) is 2. The van der Waals surface area contributed by atoms with Crippen LogP contribution < -0.4 is 11.3 Å². The molecule has 0 atom stereocenters. The number of nitrogens with zero attached hydrogens (tertiary/aromatic N) is 1. The average Bonchev–Trinajstić information content (AvgIpc) is 1.82. The summed E-state index contributed by atoms with van der Waals surface area (Å²) in [6.45, 7) is 3.90.